The Morgan fingerprint density at radius 2 is 0.969 bits per heavy atom. The molecular weight excluding hydrogens is 793 g/mol. The van der Waals surface area contributed by atoms with Gasteiger partial charge in [0.1, 0.15) is 22.7 Å². The topological polar surface area (TPSA) is 30.5 Å². The van der Waals surface area contributed by atoms with E-state index in [9.17, 15) is 0 Å². The maximum absolute atomic E-state index is 7.11. The SMILES string of the molecule is c1ccc(-c2cc(N(c3ccc4c(c3)Oc3ccccc3C43c4ccccc4-c4ccccc43)c3ccc4c5ccccc5n(-c5ccccc5)c4c3)cc3c2oc2ccccc23)cc1. The lowest BCUT2D eigenvalue weighted by molar-refractivity contribution is 0.436. The molecule has 1 aliphatic heterocycles. The molecule has 14 rings (SSSR count). The summed E-state index contributed by atoms with van der Waals surface area (Å²) in [5.41, 5.74) is 17.0. The van der Waals surface area contributed by atoms with Gasteiger partial charge < -0.3 is 18.6 Å². The molecule has 1 spiro atoms. The highest BCUT2D eigenvalue weighted by Crippen LogP contribution is 2.62. The summed E-state index contributed by atoms with van der Waals surface area (Å²) in [6, 6.07) is 83.1. The van der Waals surface area contributed by atoms with Crippen LogP contribution in [0.4, 0.5) is 17.1 Å². The second kappa shape index (κ2) is 13.7. The van der Waals surface area contributed by atoms with Crippen molar-refractivity contribution in [1.29, 1.82) is 0 Å². The molecule has 3 heterocycles. The van der Waals surface area contributed by atoms with Crippen LogP contribution in [0.2, 0.25) is 0 Å². The van der Waals surface area contributed by atoms with Crippen LogP contribution in [0.5, 0.6) is 11.5 Å². The van der Waals surface area contributed by atoms with Crippen molar-refractivity contribution in [3.63, 3.8) is 0 Å². The predicted octanol–water partition coefficient (Wildman–Crippen LogP) is 16.3. The van der Waals surface area contributed by atoms with Crippen LogP contribution in [0.1, 0.15) is 22.3 Å². The highest BCUT2D eigenvalue weighted by Gasteiger charge is 2.51. The lowest BCUT2D eigenvalue weighted by atomic mass is 9.66. The van der Waals surface area contributed by atoms with Gasteiger partial charge in [0.15, 0.2) is 0 Å². The minimum atomic E-state index is -0.564. The fourth-order valence-electron chi connectivity index (χ4n) is 11.2. The minimum Gasteiger partial charge on any atom is -0.457 e. The first-order valence-corrected chi connectivity index (χ1v) is 22.2. The van der Waals surface area contributed by atoms with Gasteiger partial charge in [-0.1, -0.05) is 164 Å². The first kappa shape index (κ1) is 35.9. The quantitative estimate of drug-likeness (QED) is 0.173. The first-order valence-electron chi connectivity index (χ1n) is 22.2. The molecule has 2 aromatic heterocycles. The van der Waals surface area contributed by atoms with Gasteiger partial charge >= 0.3 is 0 Å². The number of nitrogens with zero attached hydrogens (tertiary/aromatic N) is 2. The minimum absolute atomic E-state index is 0.564. The number of rotatable bonds is 5. The van der Waals surface area contributed by atoms with E-state index in [2.05, 4.69) is 234 Å². The standard InChI is InChI=1S/C61H38N2O2/c1-3-17-39(18-4-1)49-35-43(36-50-48-24-10-15-29-57(48)65-60(49)50)62(41-31-33-47-46-23-9-14-28-55(46)63(56(47)37-41)40-19-5-2-6-20-40)42-32-34-54-59(38-42)64-58-30-16-13-27-53(58)61(54)51-25-11-7-21-44(51)45-22-8-12-26-52(45)61/h1-38H. The summed E-state index contributed by atoms with van der Waals surface area (Å²) in [7, 11) is 0. The predicted molar refractivity (Wildman–Crippen MR) is 266 cm³/mol. The number of ether oxygens (including phenoxy) is 1. The average Bonchev–Trinajstić information content (AvgIpc) is 4.01. The summed E-state index contributed by atoms with van der Waals surface area (Å²) in [6.45, 7) is 0. The van der Waals surface area contributed by atoms with E-state index >= 15 is 0 Å². The molecule has 10 aromatic carbocycles. The Balaban J connectivity index is 1.06. The van der Waals surface area contributed by atoms with Gasteiger partial charge in [-0.25, -0.2) is 0 Å². The number of furan rings is 1. The molecule has 0 bridgehead atoms. The molecule has 304 valence electrons. The molecule has 1 aliphatic carbocycles. The zero-order chi connectivity index (χ0) is 42.6. The summed E-state index contributed by atoms with van der Waals surface area (Å²) in [6.07, 6.45) is 0. The van der Waals surface area contributed by atoms with Crippen LogP contribution < -0.4 is 9.64 Å². The van der Waals surface area contributed by atoms with E-state index in [1.54, 1.807) is 0 Å². The van der Waals surface area contributed by atoms with Crippen molar-refractivity contribution in [2.75, 3.05) is 4.90 Å². The zero-order valence-corrected chi connectivity index (χ0v) is 35.2. The van der Waals surface area contributed by atoms with Crippen LogP contribution in [0.25, 0.3) is 71.7 Å². The molecule has 0 N–H and O–H groups in total. The van der Waals surface area contributed by atoms with Gasteiger partial charge in [-0.05, 0) is 88.5 Å². The fourth-order valence-corrected chi connectivity index (χ4v) is 11.2. The smallest absolute Gasteiger partial charge is 0.143 e. The largest absolute Gasteiger partial charge is 0.457 e. The molecule has 0 atom stereocenters. The Labute approximate surface area is 375 Å². The third-order valence-electron chi connectivity index (χ3n) is 13.8. The van der Waals surface area contributed by atoms with Gasteiger partial charge in [0, 0.05) is 67.1 Å². The lowest BCUT2D eigenvalue weighted by Gasteiger charge is -2.40. The molecule has 0 unspecified atom stereocenters. The molecule has 0 saturated heterocycles. The Kier molecular flexibility index (Phi) is 7.57. The molecule has 0 amide bonds. The maximum atomic E-state index is 7.11. The molecule has 4 heteroatoms. The van der Waals surface area contributed by atoms with Gasteiger partial charge in [0.25, 0.3) is 0 Å². The lowest BCUT2D eigenvalue weighted by Crippen LogP contribution is -2.32. The first-order chi connectivity index (χ1) is 32.2. The van der Waals surface area contributed by atoms with E-state index in [0.717, 1.165) is 84.0 Å². The number of para-hydroxylation sites is 4. The molecular formula is C61H38N2O2. The van der Waals surface area contributed by atoms with E-state index in [0.29, 0.717) is 0 Å². The summed E-state index contributed by atoms with van der Waals surface area (Å²) < 4.78 is 16.2. The number of benzene rings is 10. The molecule has 12 aromatic rings. The van der Waals surface area contributed by atoms with Gasteiger partial charge in [-0.2, -0.15) is 0 Å². The Morgan fingerprint density at radius 3 is 1.77 bits per heavy atom. The van der Waals surface area contributed by atoms with E-state index in [4.69, 9.17) is 9.15 Å². The zero-order valence-electron chi connectivity index (χ0n) is 35.2. The van der Waals surface area contributed by atoms with Crippen LogP contribution in [0.3, 0.4) is 0 Å². The second-order valence-corrected chi connectivity index (χ2v) is 17.2. The Bertz CT molecular complexity index is 3830. The van der Waals surface area contributed by atoms with Crippen LogP contribution >= 0.6 is 0 Å². The third-order valence-corrected chi connectivity index (χ3v) is 13.8. The monoisotopic (exact) mass is 830 g/mol. The van der Waals surface area contributed by atoms with Gasteiger partial charge in [-0.3, -0.25) is 0 Å². The van der Waals surface area contributed by atoms with Crippen molar-refractivity contribution >= 4 is 60.8 Å². The van der Waals surface area contributed by atoms with E-state index in [-0.39, 0.29) is 0 Å². The number of hydrogen-bond donors (Lipinski definition) is 0. The van der Waals surface area contributed by atoms with Crippen LogP contribution in [0.15, 0.2) is 235 Å². The van der Waals surface area contributed by atoms with Crippen LogP contribution in [-0.4, -0.2) is 4.57 Å². The van der Waals surface area contributed by atoms with E-state index in [1.807, 2.05) is 6.07 Å². The number of aromatic nitrogens is 1. The van der Waals surface area contributed by atoms with Crippen molar-refractivity contribution in [3.8, 4) is 39.4 Å². The van der Waals surface area contributed by atoms with Crippen molar-refractivity contribution in [1.82, 2.24) is 4.57 Å². The molecule has 0 radical (unpaired) electrons. The fraction of sp³-hybridized carbons (Fsp3) is 0.0164. The average molecular weight is 831 g/mol. The summed E-state index contributed by atoms with van der Waals surface area (Å²) in [4.78, 5) is 2.40. The van der Waals surface area contributed by atoms with Crippen LogP contribution in [-0.2, 0) is 5.41 Å². The van der Waals surface area contributed by atoms with Crippen molar-refractivity contribution < 1.29 is 9.15 Å². The van der Waals surface area contributed by atoms with Crippen LogP contribution in [0, 0.1) is 0 Å². The van der Waals surface area contributed by atoms with Crippen molar-refractivity contribution in [2.24, 2.45) is 0 Å². The number of anilines is 3. The second-order valence-electron chi connectivity index (χ2n) is 17.2. The molecule has 65 heavy (non-hydrogen) atoms. The molecule has 2 aliphatic rings. The summed E-state index contributed by atoms with van der Waals surface area (Å²) in [5, 5.41) is 4.54. The summed E-state index contributed by atoms with van der Waals surface area (Å²) in [5.74, 6) is 1.69. The highest BCUT2D eigenvalue weighted by molar-refractivity contribution is 6.13. The summed E-state index contributed by atoms with van der Waals surface area (Å²) >= 11 is 0. The normalized spacial score (nSPS) is 13.2. The number of hydrogen-bond acceptors (Lipinski definition) is 3. The van der Waals surface area contributed by atoms with Gasteiger partial charge in [-0.15, -0.1) is 0 Å². The molecule has 0 saturated carbocycles. The van der Waals surface area contributed by atoms with Crippen molar-refractivity contribution in [3.05, 3.63) is 253 Å². The third kappa shape index (κ3) is 5.08. The van der Waals surface area contributed by atoms with Gasteiger partial charge in [0.05, 0.1) is 16.4 Å². The molecule has 0 fully saturated rings. The van der Waals surface area contributed by atoms with E-state index in [1.165, 1.54) is 38.5 Å². The Hall–Kier alpha value is -8.60. The van der Waals surface area contributed by atoms with Crippen molar-refractivity contribution in [2.45, 2.75) is 5.41 Å². The Morgan fingerprint density at radius 1 is 0.369 bits per heavy atom. The number of fused-ring (bicyclic) bond motifs is 15. The highest BCUT2D eigenvalue weighted by atomic mass is 16.5. The maximum Gasteiger partial charge on any atom is 0.143 e. The van der Waals surface area contributed by atoms with E-state index < -0.39 is 5.41 Å². The molecule has 4 nitrogen and oxygen atoms in total. The van der Waals surface area contributed by atoms with Gasteiger partial charge in [0.2, 0.25) is 0 Å².